The van der Waals surface area contributed by atoms with Crippen LogP contribution in [-0.2, 0) is 12.8 Å². The second-order valence-electron chi connectivity index (χ2n) is 5.57. The lowest BCUT2D eigenvalue weighted by atomic mass is 9.90. The molecule has 2 aromatic rings. The molecule has 0 saturated heterocycles. The van der Waals surface area contributed by atoms with Gasteiger partial charge in [-0.15, -0.1) is 0 Å². The van der Waals surface area contributed by atoms with Crippen molar-refractivity contribution in [2.24, 2.45) is 0 Å². The van der Waals surface area contributed by atoms with E-state index in [1.54, 1.807) is 18.2 Å². The third-order valence-corrected chi connectivity index (χ3v) is 4.16. The van der Waals surface area contributed by atoms with Gasteiger partial charge < -0.3 is 14.2 Å². The fourth-order valence-corrected chi connectivity index (χ4v) is 2.93. The molecule has 0 bridgehead atoms. The monoisotopic (exact) mass is 312 g/mol. The summed E-state index contributed by atoms with van der Waals surface area (Å²) in [7, 11) is 3.07. The van der Waals surface area contributed by atoms with Crippen molar-refractivity contribution in [2.75, 3.05) is 14.2 Å². The molecule has 0 spiro atoms. The van der Waals surface area contributed by atoms with Gasteiger partial charge in [0.05, 0.1) is 19.8 Å². The molecule has 4 nitrogen and oxygen atoms in total. The largest absolute Gasteiger partial charge is 0.493 e. The fraction of sp³-hybridized carbons (Fsp3) is 0.316. The standard InChI is InChI=1S/C19H20O4/c1-21-16-8-5-9-17(22-2)18(16)23-19(20)15-11-10-13-6-3-4-7-14(13)12-15/h5,8-12H,3-4,6-7H2,1-2H3. The Morgan fingerprint density at radius 2 is 1.57 bits per heavy atom. The molecular weight excluding hydrogens is 292 g/mol. The number of esters is 1. The third-order valence-electron chi connectivity index (χ3n) is 4.16. The molecular formula is C19H20O4. The van der Waals surface area contributed by atoms with E-state index in [0.29, 0.717) is 22.8 Å². The molecule has 1 aliphatic carbocycles. The Balaban J connectivity index is 1.88. The fourth-order valence-electron chi connectivity index (χ4n) is 2.93. The van der Waals surface area contributed by atoms with Crippen molar-refractivity contribution in [3.8, 4) is 17.2 Å². The summed E-state index contributed by atoms with van der Waals surface area (Å²) < 4.78 is 16.1. The van der Waals surface area contributed by atoms with Gasteiger partial charge in [-0.3, -0.25) is 0 Å². The van der Waals surface area contributed by atoms with E-state index in [0.717, 1.165) is 12.8 Å². The van der Waals surface area contributed by atoms with Gasteiger partial charge in [0, 0.05) is 0 Å². The first-order valence-electron chi connectivity index (χ1n) is 7.78. The summed E-state index contributed by atoms with van der Waals surface area (Å²) in [6, 6.07) is 11.1. The first-order chi connectivity index (χ1) is 11.2. The molecule has 2 aromatic carbocycles. The zero-order chi connectivity index (χ0) is 16.2. The van der Waals surface area contributed by atoms with E-state index in [9.17, 15) is 4.79 Å². The molecule has 0 fully saturated rings. The summed E-state index contributed by atoms with van der Waals surface area (Å²) >= 11 is 0. The molecule has 0 saturated carbocycles. The average Bonchev–Trinajstić information content (AvgIpc) is 2.61. The van der Waals surface area contributed by atoms with Gasteiger partial charge in [-0.25, -0.2) is 4.79 Å². The second kappa shape index (κ2) is 6.73. The molecule has 1 aliphatic rings. The summed E-state index contributed by atoms with van der Waals surface area (Å²) in [5.41, 5.74) is 3.14. The number of hydrogen-bond acceptors (Lipinski definition) is 4. The lowest BCUT2D eigenvalue weighted by Crippen LogP contribution is -2.12. The van der Waals surface area contributed by atoms with Crippen molar-refractivity contribution in [1.29, 1.82) is 0 Å². The maximum absolute atomic E-state index is 12.5. The van der Waals surface area contributed by atoms with Crippen LogP contribution in [-0.4, -0.2) is 20.2 Å². The van der Waals surface area contributed by atoms with Crippen LogP contribution in [0.15, 0.2) is 36.4 Å². The van der Waals surface area contributed by atoms with Crippen LogP contribution < -0.4 is 14.2 Å². The zero-order valence-corrected chi connectivity index (χ0v) is 13.4. The zero-order valence-electron chi connectivity index (χ0n) is 13.4. The van der Waals surface area contributed by atoms with Crippen LogP contribution >= 0.6 is 0 Å². The Labute approximate surface area is 136 Å². The molecule has 0 atom stereocenters. The van der Waals surface area contributed by atoms with Crippen molar-refractivity contribution in [1.82, 2.24) is 0 Å². The summed E-state index contributed by atoms with van der Waals surface area (Å²) in [4.78, 5) is 12.5. The summed E-state index contributed by atoms with van der Waals surface area (Å²) in [5.74, 6) is 0.840. The van der Waals surface area contributed by atoms with Crippen LogP contribution in [0, 0.1) is 0 Å². The molecule has 0 unspecified atom stereocenters. The quantitative estimate of drug-likeness (QED) is 0.636. The minimum Gasteiger partial charge on any atom is -0.493 e. The molecule has 0 radical (unpaired) electrons. The average molecular weight is 312 g/mol. The minimum atomic E-state index is -0.402. The van der Waals surface area contributed by atoms with E-state index in [-0.39, 0.29) is 0 Å². The van der Waals surface area contributed by atoms with Crippen molar-refractivity contribution < 1.29 is 19.0 Å². The van der Waals surface area contributed by atoms with Gasteiger partial charge in [0.15, 0.2) is 11.5 Å². The van der Waals surface area contributed by atoms with Crippen molar-refractivity contribution >= 4 is 5.97 Å². The third kappa shape index (κ3) is 3.16. The normalized spacial score (nSPS) is 13.1. The van der Waals surface area contributed by atoms with E-state index in [4.69, 9.17) is 14.2 Å². The van der Waals surface area contributed by atoms with Crippen LogP contribution in [0.5, 0.6) is 17.2 Å². The highest BCUT2D eigenvalue weighted by Crippen LogP contribution is 2.37. The van der Waals surface area contributed by atoms with Gasteiger partial charge in [0.1, 0.15) is 0 Å². The van der Waals surface area contributed by atoms with E-state index in [1.807, 2.05) is 18.2 Å². The lowest BCUT2D eigenvalue weighted by molar-refractivity contribution is 0.0724. The Morgan fingerprint density at radius 3 is 2.22 bits per heavy atom. The maximum Gasteiger partial charge on any atom is 0.343 e. The Bertz CT molecular complexity index is 699. The second-order valence-corrected chi connectivity index (χ2v) is 5.57. The van der Waals surface area contributed by atoms with Gasteiger partial charge in [0.2, 0.25) is 5.75 Å². The van der Waals surface area contributed by atoms with Gasteiger partial charge >= 0.3 is 5.97 Å². The van der Waals surface area contributed by atoms with Crippen molar-refractivity contribution in [3.05, 3.63) is 53.1 Å². The number of carbonyl (C=O) groups excluding carboxylic acids is 1. The predicted octanol–water partition coefficient (Wildman–Crippen LogP) is 3.80. The number of carbonyl (C=O) groups is 1. The number of fused-ring (bicyclic) bond motifs is 1. The van der Waals surface area contributed by atoms with E-state index >= 15 is 0 Å². The first kappa shape index (κ1) is 15.4. The molecule has 0 aliphatic heterocycles. The van der Waals surface area contributed by atoms with Crippen LogP contribution in [0.4, 0.5) is 0 Å². The van der Waals surface area contributed by atoms with Crippen LogP contribution in [0.1, 0.15) is 34.3 Å². The number of aryl methyl sites for hydroxylation is 2. The molecule has 0 aromatic heterocycles. The number of para-hydroxylation sites is 1. The van der Waals surface area contributed by atoms with Crippen LogP contribution in [0.3, 0.4) is 0 Å². The Morgan fingerprint density at radius 1 is 0.913 bits per heavy atom. The molecule has 0 N–H and O–H groups in total. The highest BCUT2D eigenvalue weighted by molar-refractivity contribution is 5.92. The van der Waals surface area contributed by atoms with Crippen molar-refractivity contribution in [2.45, 2.75) is 25.7 Å². The van der Waals surface area contributed by atoms with Crippen LogP contribution in [0.25, 0.3) is 0 Å². The van der Waals surface area contributed by atoms with E-state index < -0.39 is 5.97 Å². The van der Waals surface area contributed by atoms with Gasteiger partial charge in [0.25, 0.3) is 0 Å². The van der Waals surface area contributed by atoms with Gasteiger partial charge in [-0.05, 0) is 61.1 Å². The van der Waals surface area contributed by atoms with E-state index in [2.05, 4.69) is 0 Å². The lowest BCUT2D eigenvalue weighted by Gasteiger charge is -2.17. The molecule has 3 rings (SSSR count). The smallest absolute Gasteiger partial charge is 0.343 e. The minimum absolute atomic E-state index is 0.306. The molecule has 120 valence electrons. The molecule has 0 heterocycles. The number of ether oxygens (including phenoxy) is 3. The molecule has 4 heteroatoms. The highest BCUT2D eigenvalue weighted by Gasteiger charge is 2.18. The number of hydrogen-bond donors (Lipinski definition) is 0. The summed E-state index contributed by atoms with van der Waals surface area (Å²) in [5, 5.41) is 0. The maximum atomic E-state index is 12.5. The van der Waals surface area contributed by atoms with Crippen molar-refractivity contribution in [3.63, 3.8) is 0 Å². The number of methoxy groups -OCH3 is 2. The SMILES string of the molecule is COc1cccc(OC)c1OC(=O)c1ccc2c(c1)CCCC2. The first-order valence-corrected chi connectivity index (χ1v) is 7.78. The number of rotatable bonds is 4. The Hall–Kier alpha value is -2.49. The highest BCUT2D eigenvalue weighted by atomic mass is 16.6. The van der Waals surface area contributed by atoms with Gasteiger partial charge in [-0.2, -0.15) is 0 Å². The van der Waals surface area contributed by atoms with Crippen LogP contribution in [0.2, 0.25) is 0 Å². The Kier molecular flexibility index (Phi) is 4.51. The molecule has 23 heavy (non-hydrogen) atoms. The predicted molar refractivity (Wildman–Crippen MR) is 87.6 cm³/mol. The summed E-state index contributed by atoms with van der Waals surface area (Å²) in [6.07, 6.45) is 4.50. The topological polar surface area (TPSA) is 44.8 Å². The summed E-state index contributed by atoms with van der Waals surface area (Å²) in [6.45, 7) is 0. The molecule has 0 amide bonds. The van der Waals surface area contributed by atoms with Gasteiger partial charge in [-0.1, -0.05) is 12.1 Å². The van der Waals surface area contributed by atoms with E-state index in [1.165, 1.54) is 38.2 Å². The number of benzene rings is 2.